The number of nitrogens with zero attached hydrogens (tertiary/aromatic N) is 4. The Balaban J connectivity index is 1.38. The van der Waals surface area contributed by atoms with Crippen molar-refractivity contribution in [2.45, 2.75) is 25.0 Å². The molecule has 0 radical (unpaired) electrons. The first-order valence-electron chi connectivity index (χ1n) is 10.1. The van der Waals surface area contributed by atoms with Crippen molar-refractivity contribution in [2.24, 2.45) is 7.05 Å². The molecule has 2 atom stereocenters. The van der Waals surface area contributed by atoms with Crippen LogP contribution in [0.15, 0.2) is 42.7 Å². The van der Waals surface area contributed by atoms with Crippen molar-refractivity contribution in [2.75, 3.05) is 39.3 Å². The van der Waals surface area contributed by atoms with Gasteiger partial charge in [0.1, 0.15) is 11.9 Å². The number of rotatable bonds is 5. The molecule has 2 aromatic rings. The van der Waals surface area contributed by atoms with E-state index < -0.39 is 0 Å². The van der Waals surface area contributed by atoms with Crippen LogP contribution in [0.2, 0.25) is 0 Å². The summed E-state index contributed by atoms with van der Waals surface area (Å²) in [5.74, 6) is 0.830. The predicted molar refractivity (Wildman–Crippen MR) is 107 cm³/mol. The van der Waals surface area contributed by atoms with Crippen LogP contribution in [-0.4, -0.2) is 70.8 Å². The van der Waals surface area contributed by atoms with Gasteiger partial charge in [-0.25, -0.2) is 9.78 Å². The van der Waals surface area contributed by atoms with Crippen LogP contribution < -0.4 is 5.32 Å². The molecule has 2 aliphatic heterocycles. The van der Waals surface area contributed by atoms with Crippen LogP contribution in [0.25, 0.3) is 0 Å². The highest BCUT2D eigenvalue weighted by atomic mass is 16.5. The number of nitrogens with one attached hydrogen (secondary N) is 1. The summed E-state index contributed by atoms with van der Waals surface area (Å²) in [6.45, 7) is 5.13. The molecular formula is C21H29N5O2. The van der Waals surface area contributed by atoms with E-state index in [-0.39, 0.29) is 12.1 Å². The molecule has 2 fully saturated rings. The summed E-state index contributed by atoms with van der Waals surface area (Å²) < 4.78 is 7.70. The second kappa shape index (κ2) is 8.75. The van der Waals surface area contributed by atoms with Crippen LogP contribution >= 0.6 is 0 Å². The van der Waals surface area contributed by atoms with Gasteiger partial charge in [-0.1, -0.05) is 30.3 Å². The Morgan fingerprint density at radius 1 is 1.25 bits per heavy atom. The molecule has 1 aromatic carbocycles. The molecule has 2 saturated heterocycles. The van der Waals surface area contributed by atoms with Crippen molar-refractivity contribution >= 4 is 6.03 Å². The van der Waals surface area contributed by atoms with E-state index in [0.717, 1.165) is 57.1 Å². The third-order valence-corrected chi connectivity index (χ3v) is 5.66. The lowest BCUT2D eigenvalue weighted by molar-refractivity contribution is 0.0559. The zero-order valence-electron chi connectivity index (χ0n) is 16.5. The van der Waals surface area contributed by atoms with Gasteiger partial charge in [0.05, 0.1) is 6.10 Å². The highest BCUT2D eigenvalue weighted by molar-refractivity contribution is 5.75. The average molecular weight is 383 g/mol. The SMILES string of the molecule is Cn1ccnc1[C@H](NC(=O)N1CCN(C[C@H]2CCCO2)CC1)c1ccccc1. The second-order valence-electron chi connectivity index (χ2n) is 7.61. The first kappa shape index (κ1) is 19.0. The number of aryl methyl sites for hydroxylation is 1. The first-order chi connectivity index (χ1) is 13.7. The number of hydrogen-bond acceptors (Lipinski definition) is 4. The van der Waals surface area contributed by atoms with E-state index in [0.29, 0.717) is 6.10 Å². The molecule has 4 rings (SSSR count). The average Bonchev–Trinajstić information content (AvgIpc) is 3.39. The van der Waals surface area contributed by atoms with Gasteiger partial charge in [0.25, 0.3) is 0 Å². The smallest absolute Gasteiger partial charge is 0.318 e. The molecule has 7 nitrogen and oxygen atoms in total. The van der Waals surface area contributed by atoms with Crippen molar-refractivity contribution in [3.8, 4) is 0 Å². The minimum atomic E-state index is -0.265. The number of amides is 2. The Morgan fingerprint density at radius 2 is 2.04 bits per heavy atom. The Kier molecular flexibility index (Phi) is 5.92. The summed E-state index contributed by atoms with van der Waals surface area (Å²) in [5, 5.41) is 3.19. The summed E-state index contributed by atoms with van der Waals surface area (Å²) >= 11 is 0. The molecule has 0 bridgehead atoms. The van der Waals surface area contributed by atoms with Crippen LogP contribution in [0, 0.1) is 0 Å². The number of hydrogen-bond donors (Lipinski definition) is 1. The molecule has 0 aliphatic carbocycles. The lowest BCUT2D eigenvalue weighted by atomic mass is 10.1. The fraction of sp³-hybridized carbons (Fsp3) is 0.524. The van der Waals surface area contributed by atoms with Crippen LogP contribution in [0.3, 0.4) is 0 Å². The number of imidazole rings is 1. The zero-order chi connectivity index (χ0) is 19.3. The lowest BCUT2D eigenvalue weighted by Gasteiger charge is -2.36. The fourth-order valence-electron chi connectivity index (χ4n) is 4.02. The Bertz CT molecular complexity index is 764. The van der Waals surface area contributed by atoms with E-state index in [2.05, 4.69) is 15.2 Å². The van der Waals surface area contributed by atoms with Crippen LogP contribution in [0.5, 0.6) is 0 Å². The summed E-state index contributed by atoms with van der Waals surface area (Å²) in [6, 6.07) is 9.71. The lowest BCUT2D eigenvalue weighted by Crippen LogP contribution is -2.53. The number of carbonyl (C=O) groups is 1. The van der Waals surface area contributed by atoms with Gasteiger partial charge in [0.15, 0.2) is 0 Å². The topological polar surface area (TPSA) is 62.6 Å². The van der Waals surface area contributed by atoms with Gasteiger partial charge in [-0.2, -0.15) is 0 Å². The number of benzene rings is 1. The highest BCUT2D eigenvalue weighted by Gasteiger charge is 2.27. The Labute approximate surface area is 166 Å². The molecular weight excluding hydrogens is 354 g/mol. The van der Waals surface area contributed by atoms with E-state index in [9.17, 15) is 4.79 Å². The van der Waals surface area contributed by atoms with Crippen LogP contribution in [0.1, 0.15) is 30.3 Å². The van der Waals surface area contributed by atoms with E-state index >= 15 is 0 Å². The van der Waals surface area contributed by atoms with Crippen molar-refractivity contribution < 1.29 is 9.53 Å². The van der Waals surface area contributed by atoms with Gasteiger partial charge in [0, 0.05) is 58.8 Å². The van der Waals surface area contributed by atoms with Gasteiger partial charge in [-0.15, -0.1) is 0 Å². The molecule has 1 aromatic heterocycles. The van der Waals surface area contributed by atoms with Crippen molar-refractivity contribution in [1.82, 2.24) is 24.7 Å². The fourth-order valence-corrected chi connectivity index (χ4v) is 4.02. The van der Waals surface area contributed by atoms with E-state index in [4.69, 9.17) is 4.74 Å². The zero-order valence-corrected chi connectivity index (χ0v) is 16.5. The molecule has 0 unspecified atom stereocenters. The molecule has 1 N–H and O–H groups in total. The first-order valence-corrected chi connectivity index (χ1v) is 10.1. The van der Waals surface area contributed by atoms with Gasteiger partial charge < -0.3 is 19.5 Å². The number of carbonyl (C=O) groups excluding carboxylic acids is 1. The molecule has 3 heterocycles. The van der Waals surface area contributed by atoms with Gasteiger partial charge >= 0.3 is 6.03 Å². The van der Waals surface area contributed by atoms with Crippen LogP contribution in [-0.2, 0) is 11.8 Å². The summed E-state index contributed by atoms with van der Waals surface area (Å²) in [7, 11) is 1.95. The van der Waals surface area contributed by atoms with Gasteiger partial charge in [0.2, 0.25) is 0 Å². The molecule has 7 heteroatoms. The van der Waals surface area contributed by atoms with Gasteiger partial charge in [-0.05, 0) is 18.4 Å². The third-order valence-electron chi connectivity index (χ3n) is 5.66. The summed E-state index contributed by atoms with van der Waals surface area (Å²) in [5.41, 5.74) is 1.03. The molecule has 2 amide bonds. The molecule has 150 valence electrons. The minimum Gasteiger partial charge on any atom is -0.377 e. The largest absolute Gasteiger partial charge is 0.377 e. The van der Waals surface area contributed by atoms with Crippen molar-refractivity contribution in [3.05, 3.63) is 54.1 Å². The quantitative estimate of drug-likeness (QED) is 0.858. The maximum atomic E-state index is 13.0. The molecule has 2 aliphatic rings. The maximum Gasteiger partial charge on any atom is 0.318 e. The van der Waals surface area contributed by atoms with Crippen LogP contribution in [0.4, 0.5) is 4.79 Å². The minimum absolute atomic E-state index is 0.0337. The number of ether oxygens (including phenoxy) is 1. The maximum absolute atomic E-state index is 13.0. The molecule has 0 spiro atoms. The third kappa shape index (κ3) is 4.36. The summed E-state index contributed by atoms with van der Waals surface area (Å²) in [6.07, 6.45) is 6.36. The van der Waals surface area contributed by atoms with Crippen molar-refractivity contribution in [1.29, 1.82) is 0 Å². The van der Waals surface area contributed by atoms with Crippen molar-refractivity contribution in [3.63, 3.8) is 0 Å². The van der Waals surface area contributed by atoms with E-state index in [1.54, 1.807) is 6.20 Å². The predicted octanol–water partition coefficient (Wildman–Crippen LogP) is 2.02. The highest BCUT2D eigenvalue weighted by Crippen LogP contribution is 2.21. The standard InChI is InChI=1S/C21H29N5O2/c1-24-10-9-22-20(24)19(17-6-3-2-4-7-17)23-21(27)26-13-11-25(12-14-26)16-18-8-5-15-28-18/h2-4,6-7,9-10,18-19H,5,8,11-16H2,1H3,(H,23,27)/t18-,19-/m1/s1. The summed E-state index contributed by atoms with van der Waals surface area (Å²) in [4.78, 5) is 21.8. The van der Waals surface area contributed by atoms with Gasteiger partial charge in [-0.3, -0.25) is 4.90 Å². The number of urea groups is 1. The Hall–Kier alpha value is -2.38. The Morgan fingerprint density at radius 3 is 2.68 bits per heavy atom. The number of piperazine rings is 1. The molecule has 28 heavy (non-hydrogen) atoms. The van der Waals surface area contributed by atoms with E-state index in [1.165, 1.54) is 6.42 Å². The van der Waals surface area contributed by atoms with E-state index in [1.807, 2.05) is 53.0 Å². The molecule has 0 saturated carbocycles. The normalized spacial score (nSPS) is 21.6. The monoisotopic (exact) mass is 383 g/mol. The number of aromatic nitrogens is 2. The second-order valence-corrected chi connectivity index (χ2v) is 7.61.